The minimum atomic E-state index is -0.214. The van der Waals surface area contributed by atoms with Gasteiger partial charge in [-0.05, 0) is 37.1 Å². The lowest BCUT2D eigenvalue weighted by Crippen LogP contribution is -2.50. The maximum atomic E-state index is 12.7. The summed E-state index contributed by atoms with van der Waals surface area (Å²) < 4.78 is 0. The van der Waals surface area contributed by atoms with E-state index in [4.69, 9.17) is 0 Å². The first-order valence-electron chi connectivity index (χ1n) is 9.30. The van der Waals surface area contributed by atoms with Gasteiger partial charge in [0.15, 0.2) is 0 Å². The zero-order valence-corrected chi connectivity index (χ0v) is 15.3. The van der Waals surface area contributed by atoms with Crippen molar-refractivity contribution < 1.29 is 9.59 Å². The van der Waals surface area contributed by atoms with Crippen molar-refractivity contribution in [1.82, 2.24) is 14.9 Å². The Morgan fingerprint density at radius 2 is 1.78 bits per heavy atom. The number of nitrogens with zero attached hydrogens (tertiary/aromatic N) is 4. The van der Waals surface area contributed by atoms with Gasteiger partial charge in [0.25, 0.3) is 0 Å². The highest BCUT2D eigenvalue weighted by Crippen LogP contribution is 2.41. The third-order valence-electron chi connectivity index (χ3n) is 5.16. The van der Waals surface area contributed by atoms with Crippen LogP contribution in [0, 0.1) is 18.8 Å². The number of carbonyl (C=O) groups is 2. The SMILES string of the molecule is Cc1cccc(NC(=O)C2CC2C(=O)N2CCN(c3ncccn3)CC2)c1. The molecule has 4 rings (SSSR count). The number of amides is 2. The van der Waals surface area contributed by atoms with Crippen LogP contribution in [0.5, 0.6) is 0 Å². The van der Waals surface area contributed by atoms with Crippen LogP contribution in [-0.4, -0.2) is 52.9 Å². The van der Waals surface area contributed by atoms with Gasteiger partial charge in [-0.1, -0.05) is 12.1 Å². The molecule has 2 heterocycles. The van der Waals surface area contributed by atoms with E-state index in [1.165, 1.54) is 0 Å². The molecule has 2 aromatic rings. The average molecular weight is 365 g/mol. The van der Waals surface area contributed by atoms with Gasteiger partial charge in [0.2, 0.25) is 17.8 Å². The molecule has 2 unspecified atom stereocenters. The van der Waals surface area contributed by atoms with Crippen LogP contribution in [0.25, 0.3) is 0 Å². The summed E-state index contributed by atoms with van der Waals surface area (Å²) in [5.74, 6) is 0.331. The number of aryl methyl sites for hydroxylation is 1. The lowest BCUT2D eigenvalue weighted by molar-refractivity contribution is -0.134. The zero-order chi connectivity index (χ0) is 18.8. The van der Waals surface area contributed by atoms with Crippen molar-refractivity contribution in [2.75, 3.05) is 36.4 Å². The molecule has 2 amide bonds. The molecule has 1 N–H and O–H groups in total. The van der Waals surface area contributed by atoms with Crippen molar-refractivity contribution in [3.8, 4) is 0 Å². The molecule has 1 saturated heterocycles. The molecule has 7 heteroatoms. The number of aromatic nitrogens is 2. The fraction of sp³-hybridized carbons (Fsp3) is 0.400. The summed E-state index contributed by atoms with van der Waals surface area (Å²) in [6.45, 7) is 4.68. The summed E-state index contributed by atoms with van der Waals surface area (Å²) in [5, 5.41) is 2.93. The Morgan fingerprint density at radius 3 is 2.48 bits per heavy atom. The van der Waals surface area contributed by atoms with Gasteiger partial charge in [-0.15, -0.1) is 0 Å². The molecule has 1 aromatic carbocycles. The van der Waals surface area contributed by atoms with Gasteiger partial charge in [0, 0.05) is 44.3 Å². The van der Waals surface area contributed by atoms with Crippen LogP contribution in [0.1, 0.15) is 12.0 Å². The van der Waals surface area contributed by atoms with Gasteiger partial charge in [0.05, 0.1) is 11.8 Å². The predicted molar refractivity (Wildman–Crippen MR) is 102 cm³/mol. The van der Waals surface area contributed by atoms with Crippen LogP contribution in [-0.2, 0) is 9.59 Å². The molecule has 0 bridgehead atoms. The molecule has 2 fully saturated rings. The Morgan fingerprint density at radius 1 is 1.04 bits per heavy atom. The Bertz CT molecular complexity index is 833. The molecule has 2 atom stereocenters. The molecule has 2 aliphatic rings. The summed E-state index contributed by atoms with van der Waals surface area (Å²) in [4.78, 5) is 37.6. The van der Waals surface area contributed by atoms with Gasteiger partial charge >= 0.3 is 0 Å². The van der Waals surface area contributed by atoms with E-state index in [-0.39, 0.29) is 23.7 Å². The van der Waals surface area contributed by atoms with Crippen LogP contribution < -0.4 is 10.2 Å². The third kappa shape index (κ3) is 3.92. The summed E-state index contributed by atoms with van der Waals surface area (Å²) >= 11 is 0. The highest BCUT2D eigenvalue weighted by Gasteiger charge is 2.49. The maximum absolute atomic E-state index is 12.7. The summed E-state index contributed by atoms with van der Waals surface area (Å²) in [5.41, 5.74) is 1.88. The molecule has 140 valence electrons. The van der Waals surface area contributed by atoms with Gasteiger partial charge in [-0.3, -0.25) is 9.59 Å². The fourth-order valence-corrected chi connectivity index (χ4v) is 3.53. The highest BCUT2D eigenvalue weighted by molar-refractivity contribution is 5.99. The average Bonchev–Trinajstić information content (AvgIpc) is 3.49. The normalized spacial score (nSPS) is 21.7. The molecule has 0 radical (unpaired) electrons. The topological polar surface area (TPSA) is 78.4 Å². The van der Waals surface area contributed by atoms with E-state index in [0.717, 1.165) is 11.3 Å². The first kappa shape index (κ1) is 17.5. The number of piperazine rings is 1. The monoisotopic (exact) mass is 365 g/mol. The molecule has 1 aliphatic heterocycles. The Hall–Kier alpha value is -2.96. The minimum absolute atomic E-state index is 0.0599. The number of anilines is 2. The van der Waals surface area contributed by atoms with Crippen LogP contribution in [0.3, 0.4) is 0 Å². The van der Waals surface area contributed by atoms with Gasteiger partial charge < -0.3 is 15.1 Å². The quantitative estimate of drug-likeness (QED) is 0.892. The Kier molecular flexibility index (Phi) is 4.75. The van der Waals surface area contributed by atoms with E-state index in [0.29, 0.717) is 38.5 Å². The van der Waals surface area contributed by atoms with Gasteiger partial charge in [-0.25, -0.2) is 9.97 Å². The summed E-state index contributed by atoms with van der Waals surface area (Å²) in [6, 6.07) is 9.49. The second-order valence-corrected chi connectivity index (χ2v) is 7.17. The van der Waals surface area contributed by atoms with Crippen molar-refractivity contribution in [2.24, 2.45) is 11.8 Å². The largest absolute Gasteiger partial charge is 0.339 e. The summed E-state index contributed by atoms with van der Waals surface area (Å²) in [6.07, 6.45) is 4.08. The predicted octanol–water partition coefficient (Wildman–Crippen LogP) is 1.71. The first-order valence-corrected chi connectivity index (χ1v) is 9.30. The molecular weight excluding hydrogens is 342 g/mol. The fourth-order valence-electron chi connectivity index (χ4n) is 3.53. The van der Waals surface area contributed by atoms with E-state index in [9.17, 15) is 9.59 Å². The highest BCUT2D eigenvalue weighted by atomic mass is 16.2. The molecule has 27 heavy (non-hydrogen) atoms. The van der Waals surface area contributed by atoms with E-state index >= 15 is 0 Å². The number of carbonyl (C=O) groups excluding carboxylic acids is 2. The molecule has 7 nitrogen and oxygen atoms in total. The second-order valence-electron chi connectivity index (χ2n) is 7.17. The number of nitrogens with one attached hydrogen (secondary N) is 1. The van der Waals surface area contributed by atoms with Gasteiger partial charge in [0.1, 0.15) is 0 Å². The number of benzene rings is 1. The van der Waals surface area contributed by atoms with E-state index in [2.05, 4.69) is 20.2 Å². The minimum Gasteiger partial charge on any atom is -0.339 e. The molecular formula is C20H23N5O2. The van der Waals surface area contributed by atoms with Crippen molar-refractivity contribution in [3.05, 3.63) is 48.3 Å². The van der Waals surface area contributed by atoms with Crippen LogP contribution >= 0.6 is 0 Å². The number of rotatable bonds is 4. The summed E-state index contributed by atoms with van der Waals surface area (Å²) in [7, 11) is 0. The Labute approximate surface area is 158 Å². The molecule has 1 aromatic heterocycles. The molecule has 1 saturated carbocycles. The van der Waals surface area contributed by atoms with E-state index < -0.39 is 0 Å². The lowest BCUT2D eigenvalue weighted by atomic mass is 10.2. The number of hydrogen-bond acceptors (Lipinski definition) is 5. The Balaban J connectivity index is 1.28. The van der Waals surface area contributed by atoms with E-state index in [1.54, 1.807) is 18.5 Å². The zero-order valence-electron chi connectivity index (χ0n) is 15.3. The van der Waals surface area contributed by atoms with Crippen molar-refractivity contribution >= 4 is 23.5 Å². The van der Waals surface area contributed by atoms with Crippen LogP contribution in [0.15, 0.2) is 42.7 Å². The number of hydrogen-bond donors (Lipinski definition) is 1. The smallest absolute Gasteiger partial charge is 0.228 e. The lowest BCUT2D eigenvalue weighted by Gasteiger charge is -2.34. The van der Waals surface area contributed by atoms with Crippen molar-refractivity contribution in [1.29, 1.82) is 0 Å². The van der Waals surface area contributed by atoms with E-state index in [1.807, 2.05) is 36.1 Å². The first-order chi connectivity index (χ1) is 13.1. The van der Waals surface area contributed by atoms with Crippen LogP contribution in [0.2, 0.25) is 0 Å². The maximum Gasteiger partial charge on any atom is 0.228 e. The standard InChI is InChI=1S/C20H23N5O2/c1-14-4-2-5-15(12-14)23-18(26)16-13-17(16)19(27)24-8-10-25(11-9-24)20-21-6-3-7-22-20/h2-7,12,16-17H,8-11,13H2,1H3,(H,23,26). The van der Waals surface area contributed by atoms with Gasteiger partial charge in [-0.2, -0.15) is 0 Å². The molecule has 1 aliphatic carbocycles. The van der Waals surface area contributed by atoms with Crippen molar-refractivity contribution in [2.45, 2.75) is 13.3 Å². The molecule has 0 spiro atoms. The van der Waals surface area contributed by atoms with Crippen LogP contribution in [0.4, 0.5) is 11.6 Å². The van der Waals surface area contributed by atoms with Crippen molar-refractivity contribution in [3.63, 3.8) is 0 Å². The third-order valence-corrected chi connectivity index (χ3v) is 5.16. The second kappa shape index (κ2) is 7.34.